The van der Waals surface area contributed by atoms with Gasteiger partial charge in [-0.25, -0.2) is 0 Å². The average molecular weight is 386 g/mol. The number of amides is 2. The lowest BCUT2D eigenvalue weighted by atomic mass is 9.96. The van der Waals surface area contributed by atoms with Crippen molar-refractivity contribution >= 4 is 24.2 Å². The molecule has 7 nitrogen and oxygen atoms in total. The molecule has 1 aliphatic rings. The average Bonchev–Trinajstić information content (AvgIpc) is 2.64. The van der Waals surface area contributed by atoms with Crippen LogP contribution in [0.2, 0.25) is 0 Å². The Kier molecular flexibility index (Phi) is 9.23. The molecule has 0 spiro atoms. The molecule has 1 aromatic rings. The number of hydrogen-bond acceptors (Lipinski definition) is 5. The van der Waals surface area contributed by atoms with E-state index < -0.39 is 5.91 Å². The number of nitrogens with two attached hydrogens (primary N) is 1. The Hall–Kier alpha value is -1.99. The van der Waals surface area contributed by atoms with Crippen LogP contribution in [0.3, 0.4) is 0 Å². The van der Waals surface area contributed by atoms with E-state index >= 15 is 0 Å². The summed E-state index contributed by atoms with van der Waals surface area (Å²) in [5.41, 5.74) is 5.63. The monoisotopic (exact) mass is 385 g/mol. The Morgan fingerprint density at radius 2 is 1.96 bits per heavy atom. The van der Waals surface area contributed by atoms with Crippen molar-refractivity contribution in [2.24, 2.45) is 11.7 Å². The Morgan fingerprint density at radius 1 is 1.27 bits per heavy atom. The number of ether oxygens (including phenoxy) is 2. The van der Waals surface area contributed by atoms with Gasteiger partial charge in [0.25, 0.3) is 11.8 Å². The molecule has 0 unspecified atom stereocenters. The molecule has 0 aromatic heterocycles. The van der Waals surface area contributed by atoms with Crippen molar-refractivity contribution in [2.45, 2.75) is 19.8 Å². The zero-order valence-corrected chi connectivity index (χ0v) is 16.1. The first-order valence-corrected chi connectivity index (χ1v) is 8.64. The number of nitrogens with one attached hydrogen (secondary N) is 1. The molecule has 0 saturated carbocycles. The first kappa shape index (κ1) is 22.1. The van der Waals surface area contributed by atoms with Crippen molar-refractivity contribution in [2.75, 3.05) is 39.9 Å². The van der Waals surface area contributed by atoms with Crippen LogP contribution in [-0.2, 0) is 4.79 Å². The summed E-state index contributed by atoms with van der Waals surface area (Å²) in [6, 6.07) is 4.96. The van der Waals surface area contributed by atoms with Crippen LogP contribution in [0.1, 0.15) is 30.1 Å². The third-order valence-electron chi connectivity index (χ3n) is 4.37. The highest BCUT2D eigenvalue weighted by atomic mass is 35.5. The smallest absolute Gasteiger partial charge is 0.255 e. The van der Waals surface area contributed by atoms with Gasteiger partial charge in [0.15, 0.2) is 18.1 Å². The molecule has 0 aliphatic carbocycles. The van der Waals surface area contributed by atoms with E-state index in [9.17, 15) is 9.59 Å². The number of benzene rings is 1. The van der Waals surface area contributed by atoms with E-state index in [1.807, 2.05) is 4.90 Å². The molecule has 146 valence electrons. The standard InChI is InChI=1S/C18H27N3O4.ClH/c1-3-20-11-13-6-8-21(9-7-13)18(23)14-4-5-15(16(10-14)24-2)25-12-17(19)22;/h4-5,10,13,20H,3,6-9,11-12H2,1-2H3,(H2,19,22);1H. The van der Waals surface area contributed by atoms with Crippen LogP contribution >= 0.6 is 12.4 Å². The van der Waals surface area contributed by atoms with Crippen LogP contribution in [0.4, 0.5) is 0 Å². The third kappa shape index (κ3) is 6.07. The topological polar surface area (TPSA) is 93.9 Å². The van der Waals surface area contributed by atoms with Crippen molar-refractivity contribution in [3.05, 3.63) is 23.8 Å². The summed E-state index contributed by atoms with van der Waals surface area (Å²) in [6.07, 6.45) is 2.02. The highest BCUT2D eigenvalue weighted by molar-refractivity contribution is 5.95. The third-order valence-corrected chi connectivity index (χ3v) is 4.37. The van der Waals surface area contributed by atoms with Gasteiger partial charge in [0.1, 0.15) is 0 Å². The molecule has 2 amide bonds. The van der Waals surface area contributed by atoms with Gasteiger partial charge >= 0.3 is 0 Å². The van der Waals surface area contributed by atoms with Gasteiger partial charge in [-0.05, 0) is 50.0 Å². The summed E-state index contributed by atoms with van der Waals surface area (Å²) >= 11 is 0. The molecule has 3 N–H and O–H groups in total. The van der Waals surface area contributed by atoms with E-state index in [0.29, 0.717) is 23.0 Å². The molecule has 1 heterocycles. The lowest BCUT2D eigenvalue weighted by molar-refractivity contribution is -0.119. The van der Waals surface area contributed by atoms with Crippen molar-refractivity contribution < 1.29 is 19.1 Å². The highest BCUT2D eigenvalue weighted by Gasteiger charge is 2.24. The van der Waals surface area contributed by atoms with Gasteiger partial charge in [-0.1, -0.05) is 6.92 Å². The van der Waals surface area contributed by atoms with Crippen molar-refractivity contribution in [1.82, 2.24) is 10.2 Å². The van der Waals surface area contributed by atoms with Crippen LogP contribution in [-0.4, -0.2) is 56.6 Å². The number of likely N-dealkylation sites (tertiary alicyclic amines) is 1. The van der Waals surface area contributed by atoms with E-state index in [4.69, 9.17) is 15.2 Å². The number of carbonyl (C=O) groups is 2. The van der Waals surface area contributed by atoms with Crippen LogP contribution in [0.15, 0.2) is 18.2 Å². The molecule has 1 aliphatic heterocycles. The predicted molar refractivity (Wildman–Crippen MR) is 102 cm³/mol. The Labute approximate surface area is 160 Å². The van der Waals surface area contributed by atoms with Crippen molar-refractivity contribution in [3.8, 4) is 11.5 Å². The summed E-state index contributed by atoms with van der Waals surface area (Å²) in [5, 5.41) is 3.37. The predicted octanol–water partition coefficient (Wildman–Crippen LogP) is 1.44. The van der Waals surface area contributed by atoms with Crippen LogP contribution < -0.4 is 20.5 Å². The normalized spacial score (nSPS) is 14.5. The maximum Gasteiger partial charge on any atom is 0.255 e. The molecule has 8 heteroatoms. The second-order valence-electron chi connectivity index (χ2n) is 6.16. The maximum absolute atomic E-state index is 12.7. The number of primary amides is 1. The molecule has 26 heavy (non-hydrogen) atoms. The second kappa shape index (κ2) is 10.9. The number of nitrogens with zero attached hydrogens (tertiary/aromatic N) is 1. The van der Waals surface area contributed by atoms with Gasteiger partial charge in [-0.2, -0.15) is 0 Å². The van der Waals surface area contributed by atoms with Crippen molar-refractivity contribution in [3.63, 3.8) is 0 Å². The zero-order chi connectivity index (χ0) is 18.2. The minimum Gasteiger partial charge on any atom is -0.493 e. The van der Waals surface area contributed by atoms with E-state index in [2.05, 4.69) is 12.2 Å². The zero-order valence-electron chi connectivity index (χ0n) is 15.3. The Morgan fingerprint density at radius 3 is 2.54 bits per heavy atom. The quantitative estimate of drug-likeness (QED) is 0.706. The van der Waals surface area contributed by atoms with Gasteiger partial charge in [0.05, 0.1) is 7.11 Å². The van der Waals surface area contributed by atoms with Crippen LogP contribution in [0.5, 0.6) is 11.5 Å². The summed E-state index contributed by atoms with van der Waals surface area (Å²) in [4.78, 5) is 25.4. The molecule has 2 rings (SSSR count). The van der Waals surface area contributed by atoms with Crippen molar-refractivity contribution in [1.29, 1.82) is 0 Å². The molecular weight excluding hydrogens is 358 g/mol. The second-order valence-corrected chi connectivity index (χ2v) is 6.16. The Bertz CT molecular complexity index is 604. The minimum atomic E-state index is -0.567. The van der Waals surface area contributed by atoms with E-state index in [1.165, 1.54) is 7.11 Å². The molecular formula is C18H28ClN3O4. The van der Waals surface area contributed by atoms with Gasteiger partial charge in [0.2, 0.25) is 0 Å². The molecule has 1 aromatic carbocycles. The van der Waals surface area contributed by atoms with Gasteiger partial charge in [-0.3, -0.25) is 9.59 Å². The fraction of sp³-hybridized carbons (Fsp3) is 0.556. The molecule has 0 radical (unpaired) electrons. The molecule has 0 atom stereocenters. The number of halogens is 1. The maximum atomic E-state index is 12.7. The fourth-order valence-corrected chi connectivity index (χ4v) is 2.94. The van der Waals surface area contributed by atoms with E-state index in [-0.39, 0.29) is 24.9 Å². The summed E-state index contributed by atoms with van der Waals surface area (Å²) in [6.45, 7) is 5.38. The molecule has 1 fully saturated rings. The summed E-state index contributed by atoms with van der Waals surface area (Å²) in [5.74, 6) is 0.851. The van der Waals surface area contributed by atoms with Gasteiger partial charge in [-0.15, -0.1) is 12.4 Å². The number of piperidine rings is 1. The van der Waals surface area contributed by atoms with Crippen LogP contribution in [0.25, 0.3) is 0 Å². The van der Waals surface area contributed by atoms with Crippen LogP contribution in [0, 0.1) is 5.92 Å². The first-order chi connectivity index (χ1) is 12.0. The largest absolute Gasteiger partial charge is 0.493 e. The number of methoxy groups -OCH3 is 1. The van der Waals surface area contributed by atoms with E-state index in [0.717, 1.165) is 39.0 Å². The summed E-state index contributed by atoms with van der Waals surface area (Å²) in [7, 11) is 1.49. The van der Waals surface area contributed by atoms with Gasteiger partial charge < -0.3 is 25.4 Å². The SMILES string of the molecule is CCNCC1CCN(C(=O)c2ccc(OCC(N)=O)c(OC)c2)CC1.Cl. The molecule has 0 bridgehead atoms. The number of hydrogen-bond donors (Lipinski definition) is 2. The number of carbonyl (C=O) groups excluding carboxylic acids is 2. The molecule has 1 saturated heterocycles. The first-order valence-electron chi connectivity index (χ1n) is 8.64. The van der Waals surface area contributed by atoms with E-state index in [1.54, 1.807) is 18.2 Å². The summed E-state index contributed by atoms with van der Waals surface area (Å²) < 4.78 is 10.6. The number of rotatable bonds is 8. The Balaban J connectivity index is 0.00000338. The minimum absolute atomic E-state index is 0. The lowest BCUT2D eigenvalue weighted by Gasteiger charge is -2.32. The van der Waals surface area contributed by atoms with Gasteiger partial charge in [0, 0.05) is 18.7 Å². The lowest BCUT2D eigenvalue weighted by Crippen LogP contribution is -2.40. The highest BCUT2D eigenvalue weighted by Crippen LogP contribution is 2.29. The fourth-order valence-electron chi connectivity index (χ4n) is 2.94.